The first-order valence-corrected chi connectivity index (χ1v) is 7.59. The van der Waals surface area contributed by atoms with Crippen LogP contribution in [0, 0.1) is 0 Å². The summed E-state index contributed by atoms with van der Waals surface area (Å²) in [5.41, 5.74) is -0.293. The van der Waals surface area contributed by atoms with Crippen molar-refractivity contribution in [3.05, 3.63) is 38.7 Å². The van der Waals surface area contributed by atoms with Gasteiger partial charge in [0.05, 0.1) is 6.54 Å². The summed E-state index contributed by atoms with van der Waals surface area (Å²) in [5.74, 6) is 0.578. The Kier molecular flexibility index (Phi) is 3.68. The third-order valence-electron chi connectivity index (χ3n) is 3.54. The van der Waals surface area contributed by atoms with Crippen molar-refractivity contribution >= 4 is 17.2 Å². The number of nitrogens with one attached hydrogen (secondary N) is 2. The summed E-state index contributed by atoms with van der Waals surface area (Å²) in [6.07, 6.45) is 3.31. The van der Waals surface area contributed by atoms with Gasteiger partial charge in [0.1, 0.15) is 11.9 Å². The SMILES string of the molecule is O=C(NCc1cccs1)C1CCCCc2n[nH]c(=O)n21. The number of aromatic amines is 1. The highest BCUT2D eigenvalue weighted by Gasteiger charge is 2.27. The number of aromatic nitrogens is 3. The van der Waals surface area contributed by atoms with E-state index in [0.717, 1.165) is 24.1 Å². The van der Waals surface area contributed by atoms with Gasteiger partial charge in [-0.25, -0.2) is 9.89 Å². The molecule has 0 aromatic carbocycles. The Bertz CT molecular complexity index is 644. The summed E-state index contributed by atoms with van der Waals surface area (Å²) in [6, 6.07) is 3.49. The molecule has 1 amide bonds. The van der Waals surface area contributed by atoms with Gasteiger partial charge in [-0.05, 0) is 24.3 Å². The predicted octanol–water partition coefficient (Wildman–Crippen LogP) is 1.22. The summed E-state index contributed by atoms with van der Waals surface area (Å²) in [5, 5.41) is 11.3. The minimum Gasteiger partial charge on any atom is -0.349 e. The maximum Gasteiger partial charge on any atom is 0.344 e. The molecule has 1 aliphatic heterocycles. The van der Waals surface area contributed by atoms with Gasteiger partial charge in [0, 0.05) is 11.3 Å². The van der Waals surface area contributed by atoms with Gasteiger partial charge in [-0.1, -0.05) is 12.5 Å². The van der Waals surface area contributed by atoms with Crippen LogP contribution in [0.1, 0.15) is 36.0 Å². The topological polar surface area (TPSA) is 79.8 Å². The maximum atomic E-state index is 12.4. The molecule has 7 heteroatoms. The summed E-state index contributed by atoms with van der Waals surface area (Å²) in [7, 11) is 0. The minimum absolute atomic E-state index is 0.106. The van der Waals surface area contributed by atoms with E-state index in [1.54, 1.807) is 11.3 Å². The maximum absolute atomic E-state index is 12.4. The smallest absolute Gasteiger partial charge is 0.344 e. The van der Waals surface area contributed by atoms with Crippen molar-refractivity contribution in [1.82, 2.24) is 20.1 Å². The zero-order chi connectivity index (χ0) is 13.9. The molecule has 2 aromatic rings. The van der Waals surface area contributed by atoms with Gasteiger partial charge in [-0.2, -0.15) is 5.10 Å². The fraction of sp³-hybridized carbons (Fsp3) is 0.462. The number of nitrogens with zero attached hydrogens (tertiary/aromatic N) is 2. The lowest BCUT2D eigenvalue weighted by molar-refractivity contribution is -0.124. The third kappa shape index (κ3) is 2.53. The van der Waals surface area contributed by atoms with Crippen molar-refractivity contribution in [2.45, 2.75) is 38.3 Å². The van der Waals surface area contributed by atoms with Crippen LogP contribution < -0.4 is 11.0 Å². The fourth-order valence-electron chi connectivity index (χ4n) is 2.54. The highest BCUT2D eigenvalue weighted by Crippen LogP contribution is 2.21. The molecular formula is C13H16N4O2S. The van der Waals surface area contributed by atoms with E-state index in [0.29, 0.717) is 18.8 Å². The average Bonchev–Trinajstić information content (AvgIpc) is 3.02. The number of hydrogen-bond donors (Lipinski definition) is 2. The van der Waals surface area contributed by atoms with Crippen molar-refractivity contribution in [3.63, 3.8) is 0 Å². The van der Waals surface area contributed by atoms with Crippen molar-refractivity contribution in [1.29, 1.82) is 0 Å². The van der Waals surface area contributed by atoms with Crippen LogP contribution in [0.15, 0.2) is 22.3 Å². The Balaban J connectivity index is 1.77. The van der Waals surface area contributed by atoms with Crippen LogP contribution >= 0.6 is 11.3 Å². The molecular weight excluding hydrogens is 276 g/mol. The van der Waals surface area contributed by atoms with Crippen LogP contribution in [0.2, 0.25) is 0 Å². The van der Waals surface area contributed by atoms with E-state index in [1.807, 2.05) is 17.5 Å². The van der Waals surface area contributed by atoms with Gasteiger partial charge in [0.25, 0.3) is 0 Å². The number of fused-ring (bicyclic) bond motifs is 1. The number of amides is 1. The second-order valence-corrected chi connectivity index (χ2v) is 5.91. The summed E-state index contributed by atoms with van der Waals surface area (Å²) >= 11 is 1.60. The van der Waals surface area contributed by atoms with Gasteiger partial charge in [0.15, 0.2) is 0 Å². The number of H-pyrrole nitrogens is 1. The van der Waals surface area contributed by atoms with Gasteiger partial charge >= 0.3 is 5.69 Å². The first-order chi connectivity index (χ1) is 9.75. The normalized spacial score (nSPS) is 18.3. The van der Waals surface area contributed by atoms with E-state index < -0.39 is 6.04 Å². The molecule has 0 radical (unpaired) electrons. The minimum atomic E-state index is -0.446. The number of thiophene rings is 1. The Labute approximate surface area is 119 Å². The number of aryl methyl sites for hydroxylation is 1. The van der Waals surface area contributed by atoms with Gasteiger partial charge in [0.2, 0.25) is 5.91 Å². The molecule has 2 N–H and O–H groups in total. The lowest BCUT2D eigenvalue weighted by atomic mass is 10.1. The highest BCUT2D eigenvalue weighted by molar-refractivity contribution is 7.09. The lowest BCUT2D eigenvalue weighted by Crippen LogP contribution is -2.36. The molecule has 20 heavy (non-hydrogen) atoms. The quantitative estimate of drug-likeness (QED) is 0.892. The summed E-state index contributed by atoms with van der Waals surface area (Å²) in [4.78, 5) is 25.3. The third-order valence-corrected chi connectivity index (χ3v) is 4.41. The monoisotopic (exact) mass is 292 g/mol. The highest BCUT2D eigenvalue weighted by atomic mass is 32.1. The molecule has 0 spiro atoms. The van der Waals surface area contributed by atoms with Gasteiger partial charge < -0.3 is 5.32 Å². The molecule has 0 saturated heterocycles. The molecule has 1 aliphatic rings. The molecule has 106 valence electrons. The molecule has 6 nitrogen and oxygen atoms in total. The fourth-order valence-corrected chi connectivity index (χ4v) is 3.18. The predicted molar refractivity (Wildman–Crippen MR) is 75.6 cm³/mol. The van der Waals surface area contributed by atoms with Crippen LogP contribution in [0.3, 0.4) is 0 Å². The summed E-state index contributed by atoms with van der Waals surface area (Å²) < 4.78 is 1.51. The van der Waals surface area contributed by atoms with Crippen LogP contribution in [-0.4, -0.2) is 20.7 Å². The van der Waals surface area contributed by atoms with Crippen molar-refractivity contribution in [2.24, 2.45) is 0 Å². The van der Waals surface area contributed by atoms with E-state index in [4.69, 9.17) is 0 Å². The van der Waals surface area contributed by atoms with Crippen molar-refractivity contribution in [3.8, 4) is 0 Å². The molecule has 2 aromatic heterocycles. The molecule has 3 heterocycles. The molecule has 1 atom stereocenters. The van der Waals surface area contributed by atoms with Crippen molar-refractivity contribution in [2.75, 3.05) is 0 Å². The van der Waals surface area contributed by atoms with E-state index >= 15 is 0 Å². The Morgan fingerprint density at radius 3 is 3.25 bits per heavy atom. The largest absolute Gasteiger partial charge is 0.349 e. The van der Waals surface area contributed by atoms with Gasteiger partial charge in [-0.3, -0.25) is 9.36 Å². The zero-order valence-corrected chi connectivity index (χ0v) is 11.8. The zero-order valence-electron chi connectivity index (χ0n) is 11.0. The van der Waals surface area contributed by atoms with E-state index in [2.05, 4.69) is 15.5 Å². The number of hydrogen-bond acceptors (Lipinski definition) is 4. The Morgan fingerprint density at radius 2 is 2.45 bits per heavy atom. The first-order valence-electron chi connectivity index (χ1n) is 6.71. The van der Waals surface area contributed by atoms with Crippen LogP contribution in [0.4, 0.5) is 0 Å². The molecule has 3 rings (SSSR count). The Morgan fingerprint density at radius 1 is 1.55 bits per heavy atom. The van der Waals surface area contributed by atoms with Crippen LogP contribution in [0.25, 0.3) is 0 Å². The molecule has 0 bridgehead atoms. The second kappa shape index (κ2) is 5.62. The average molecular weight is 292 g/mol. The van der Waals surface area contributed by atoms with E-state index in [-0.39, 0.29) is 11.6 Å². The lowest BCUT2D eigenvalue weighted by Gasteiger charge is -2.16. The first kappa shape index (κ1) is 13.1. The molecule has 0 fully saturated rings. The van der Waals surface area contributed by atoms with Gasteiger partial charge in [-0.15, -0.1) is 11.3 Å². The standard InChI is InChI=1S/C13H16N4O2S/c18-12(14-8-9-4-3-7-20-9)10-5-1-2-6-11-15-16-13(19)17(10)11/h3-4,7,10H,1-2,5-6,8H2,(H,14,18)(H,16,19). The van der Waals surface area contributed by atoms with E-state index in [1.165, 1.54) is 4.57 Å². The Hall–Kier alpha value is -1.89. The molecule has 0 aliphatic carbocycles. The van der Waals surface area contributed by atoms with Crippen LogP contribution in [0.5, 0.6) is 0 Å². The van der Waals surface area contributed by atoms with Crippen LogP contribution in [-0.2, 0) is 17.8 Å². The molecule has 0 saturated carbocycles. The van der Waals surface area contributed by atoms with E-state index in [9.17, 15) is 9.59 Å². The number of rotatable bonds is 3. The number of carbonyl (C=O) groups excluding carboxylic acids is 1. The summed E-state index contributed by atoms with van der Waals surface area (Å²) in [6.45, 7) is 0.509. The van der Waals surface area contributed by atoms with Crippen molar-refractivity contribution < 1.29 is 4.79 Å². The molecule has 1 unspecified atom stereocenters. The second-order valence-electron chi connectivity index (χ2n) is 4.87. The number of carbonyl (C=O) groups is 1.